The summed E-state index contributed by atoms with van der Waals surface area (Å²) in [5, 5.41) is 9.17. The number of ether oxygens (including phenoxy) is 1. The smallest absolute Gasteiger partial charge is 0.259 e. The molecule has 0 aliphatic heterocycles. The van der Waals surface area contributed by atoms with E-state index in [0.717, 1.165) is 25.7 Å². The van der Waals surface area contributed by atoms with E-state index in [1.54, 1.807) is 23.1 Å². The van der Waals surface area contributed by atoms with Gasteiger partial charge in [0.15, 0.2) is 0 Å². The Hall–Kier alpha value is -1.75. The van der Waals surface area contributed by atoms with Gasteiger partial charge in [0.1, 0.15) is 11.3 Å². The van der Waals surface area contributed by atoms with E-state index in [9.17, 15) is 9.90 Å². The zero-order valence-corrected chi connectivity index (χ0v) is 13.0. The van der Waals surface area contributed by atoms with Crippen LogP contribution in [0.2, 0.25) is 0 Å². The molecule has 0 aliphatic carbocycles. The number of carbonyl (C=O) groups excluding carboxylic acids is 1. The molecule has 0 bridgehead atoms. The van der Waals surface area contributed by atoms with Gasteiger partial charge in [-0.3, -0.25) is 4.79 Å². The molecule has 118 valence electrons. The lowest BCUT2D eigenvalue weighted by Crippen LogP contribution is -2.35. The van der Waals surface area contributed by atoms with Crippen LogP contribution in [0.25, 0.3) is 0 Å². The average molecular weight is 294 g/mol. The molecule has 0 saturated heterocycles. The lowest BCUT2D eigenvalue weighted by Gasteiger charge is -2.23. The van der Waals surface area contributed by atoms with Gasteiger partial charge in [-0.05, 0) is 18.6 Å². The number of anilines is 1. The molecular weight excluding hydrogens is 268 g/mol. The molecule has 5 heteroatoms. The van der Waals surface area contributed by atoms with Crippen molar-refractivity contribution in [3.63, 3.8) is 0 Å². The molecule has 0 unspecified atom stereocenters. The van der Waals surface area contributed by atoms with Crippen molar-refractivity contribution in [1.82, 2.24) is 4.90 Å². The summed E-state index contributed by atoms with van der Waals surface area (Å²) >= 11 is 0. The van der Waals surface area contributed by atoms with Crippen molar-refractivity contribution in [2.24, 2.45) is 0 Å². The highest BCUT2D eigenvalue weighted by atomic mass is 16.5. The third-order valence-electron chi connectivity index (χ3n) is 3.43. The van der Waals surface area contributed by atoms with Gasteiger partial charge in [-0.25, -0.2) is 0 Å². The van der Waals surface area contributed by atoms with Crippen LogP contribution in [0.1, 0.15) is 43.0 Å². The maximum atomic E-state index is 12.7. The zero-order chi connectivity index (χ0) is 15.7. The summed E-state index contributed by atoms with van der Waals surface area (Å²) in [5.74, 6) is 0.284. The lowest BCUT2D eigenvalue weighted by molar-refractivity contribution is 0.0716. The van der Waals surface area contributed by atoms with Crippen molar-refractivity contribution >= 4 is 11.6 Å². The number of aliphatic hydroxyl groups is 1. The second kappa shape index (κ2) is 9.23. The van der Waals surface area contributed by atoms with Gasteiger partial charge in [0.2, 0.25) is 0 Å². The Morgan fingerprint density at radius 2 is 2.05 bits per heavy atom. The first-order valence-corrected chi connectivity index (χ1v) is 7.48. The van der Waals surface area contributed by atoms with Gasteiger partial charge in [0, 0.05) is 18.8 Å². The normalized spacial score (nSPS) is 10.4. The molecule has 0 heterocycles. The van der Waals surface area contributed by atoms with Crippen LogP contribution in [-0.2, 0) is 0 Å². The molecule has 0 atom stereocenters. The highest BCUT2D eigenvalue weighted by Gasteiger charge is 2.21. The van der Waals surface area contributed by atoms with Crippen LogP contribution in [0, 0.1) is 0 Å². The largest absolute Gasteiger partial charge is 0.496 e. The molecule has 5 nitrogen and oxygen atoms in total. The Kier molecular flexibility index (Phi) is 7.61. The fourth-order valence-corrected chi connectivity index (χ4v) is 2.27. The molecule has 21 heavy (non-hydrogen) atoms. The lowest BCUT2D eigenvalue weighted by atomic mass is 10.1. The van der Waals surface area contributed by atoms with E-state index in [4.69, 9.17) is 10.5 Å². The molecule has 0 radical (unpaired) electrons. The van der Waals surface area contributed by atoms with E-state index in [-0.39, 0.29) is 12.5 Å². The van der Waals surface area contributed by atoms with Crippen LogP contribution >= 0.6 is 0 Å². The predicted molar refractivity (Wildman–Crippen MR) is 84.5 cm³/mol. The number of nitrogens with zero attached hydrogens (tertiary/aromatic N) is 1. The first-order valence-electron chi connectivity index (χ1n) is 7.48. The molecule has 1 amide bonds. The summed E-state index contributed by atoms with van der Waals surface area (Å²) in [4.78, 5) is 14.3. The average Bonchev–Trinajstić information content (AvgIpc) is 2.49. The van der Waals surface area contributed by atoms with Crippen LogP contribution < -0.4 is 10.5 Å². The third-order valence-corrected chi connectivity index (χ3v) is 3.43. The van der Waals surface area contributed by atoms with Crippen molar-refractivity contribution in [3.8, 4) is 5.75 Å². The number of aliphatic hydroxyl groups excluding tert-OH is 1. The zero-order valence-electron chi connectivity index (χ0n) is 13.0. The number of hydrogen-bond acceptors (Lipinski definition) is 4. The minimum Gasteiger partial charge on any atom is -0.496 e. The van der Waals surface area contributed by atoms with E-state index in [1.807, 2.05) is 0 Å². The first-order chi connectivity index (χ1) is 10.2. The molecule has 0 spiro atoms. The summed E-state index contributed by atoms with van der Waals surface area (Å²) in [6.45, 7) is 3.01. The van der Waals surface area contributed by atoms with E-state index in [2.05, 4.69) is 6.92 Å². The first kappa shape index (κ1) is 17.3. The Balaban J connectivity index is 2.85. The van der Waals surface area contributed by atoms with Crippen LogP contribution in [0.5, 0.6) is 5.75 Å². The van der Waals surface area contributed by atoms with Gasteiger partial charge < -0.3 is 20.5 Å². The number of carbonyl (C=O) groups is 1. The highest BCUT2D eigenvalue weighted by molar-refractivity contribution is 6.01. The number of unbranched alkanes of at least 4 members (excludes halogenated alkanes) is 3. The Labute approximate surface area is 126 Å². The molecular formula is C16H26N2O3. The van der Waals surface area contributed by atoms with Crippen molar-refractivity contribution < 1.29 is 14.6 Å². The number of methoxy groups -OCH3 is 1. The highest BCUT2D eigenvalue weighted by Crippen LogP contribution is 2.25. The Bertz CT molecular complexity index is 449. The minimum atomic E-state index is -0.185. The summed E-state index contributed by atoms with van der Waals surface area (Å²) in [7, 11) is 1.52. The van der Waals surface area contributed by atoms with Crippen LogP contribution in [0.3, 0.4) is 0 Å². The Morgan fingerprint density at radius 3 is 2.67 bits per heavy atom. The Morgan fingerprint density at radius 1 is 1.29 bits per heavy atom. The molecule has 1 aromatic carbocycles. The molecule has 3 N–H and O–H groups in total. The molecule has 1 rings (SSSR count). The number of benzene rings is 1. The minimum absolute atomic E-state index is 0.0609. The van der Waals surface area contributed by atoms with Gasteiger partial charge in [-0.1, -0.05) is 32.3 Å². The van der Waals surface area contributed by atoms with Gasteiger partial charge in [-0.2, -0.15) is 0 Å². The maximum absolute atomic E-state index is 12.7. The molecule has 1 aromatic rings. The quantitative estimate of drug-likeness (QED) is 0.541. The fraction of sp³-hybridized carbons (Fsp3) is 0.562. The maximum Gasteiger partial charge on any atom is 0.259 e. The molecule has 0 aromatic heterocycles. The molecule has 0 aliphatic rings. The SMILES string of the molecule is CCCCCCN(CCO)C(=O)c1c(N)cccc1OC. The summed E-state index contributed by atoms with van der Waals surface area (Å²) in [6, 6.07) is 5.16. The van der Waals surface area contributed by atoms with Crippen molar-refractivity contribution in [2.75, 3.05) is 32.5 Å². The summed E-state index contributed by atoms with van der Waals surface area (Å²) in [6.07, 6.45) is 4.30. The van der Waals surface area contributed by atoms with E-state index in [0.29, 0.717) is 30.1 Å². The topological polar surface area (TPSA) is 75.8 Å². The van der Waals surface area contributed by atoms with Crippen LogP contribution in [0.15, 0.2) is 18.2 Å². The second-order valence-corrected chi connectivity index (χ2v) is 5.00. The standard InChI is InChI=1S/C16H26N2O3/c1-3-4-5-6-10-18(11-12-19)16(20)15-13(17)8-7-9-14(15)21-2/h7-9,19H,3-6,10-12,17H2,1-2H3. The van der Waals surface area contributed by atoms with Gasteiger partial charge in [0.25, 0.3) is 5.91 Å². The number of hydrogen-bond donors (Lipinski definition) is 2. The van der Waals surface area contributed by atoms with E-state index >= 15 is 0 Å². The van der Waals surface area contributed by atoms with Crippen LogP contribution in [0.4, 0.5) is 5.69 Å². The fourth-order valence-electron chi connectivity index (χ4n) is 2.27. The third kappa shape index (κ3) is 4.93. The van der Waals surface area contributed by atoms with Gasteiger partial charge in [-0.15, -0.1) is 0 Å². The second-order valence-electron chi connectivity index (χ2n) is 5.00. The number of amides is 1. The van der Waals surface area contributed by atoms with E-state index < -0.39 is 0 Å². The summed E-state index contributed by atoms with van der Waals surface area (Å²) in [5.41, 5.74) is 6.70. The monoisotopic (exact) mass is 294 g/mol. The van der Waals surface area contributed by atoms with Gasteiger partial charge in [0.05, 0.1) is 13.7 Å². The number of rotatable bonds is 9. The number of nitrogens with two attached hydrogens (primary N) is 1. The van der Waals surface area contributed by atoms with Gasteiger partial charge >= 0.3 is 0 Å². The van der Waals surface area contributed by atoms with Crippen molar-refractivity contribution in [3.05, 3.63) is 23.8 Å². The number of nitrogen functional groups attached to an aromatic ring is 1. The van der Waals surface area contributed by atoms with Crippen molar-refractivity contribution in [1.29, 1.82) is 0 Å². The van der Waals surface area contributed by atoms with Crippen LogP contribution in [-0.4, -0.2) is 42.7 Å². The summed E-state index contributed by atoms with van der Waals surface area (Å²) < 4.78 is 5.23. The molecule has 0 fully saturated rings. The van der Waals surface area contributed by atoms with E-state index in [1.165, 1.54) is 7.11 Å². The molecule has 0 saturated carbocycles. The van der Waals surface area contributed by atoms with Crippen molar-refractivity contribution in [2.45, 2.75) is 32.6 Å². The predicted octanol–water partition coefficient (Wildman–Crippen LogP) is 2.29.